The molecular formula is C11H29N3O3Si. The summed E-state index contributed by atoms with van der Waals surface area (Å²) in [5.74, 6) is 0. The van der Waals surface area contributed by atoms with Crippen LogP contribution in [-0.2, 0) is 13.3 Å². The fourth-order valence-electron chi connectivity index (χ4n) is 1.62. The molecule has 0 fully saturated rings. The zero-order valence-corrected chi connectivity index (χ0v) is 12.9. The Kier molecular flexibility index (Phi) is 9.84. The van der Waals surface area contributed by atoms with Crippen molar-refractivity contribution < 1.29 is 13.3 Å². The molecule has 0 aliphatic heterocycles. The molecule has 0 saturated heterocycles. The molecule has 6 nitrogen and oxygen atoms in total. The Hall–Kier alpha value is -0.0231. The van der Waals surface area contributed by atoms with E-state index in [4.69, 9.17) is 30.5 Å². The van der Waals surface area contributed by atoms with E-state index in [0.717, 1.165) is 32.1 Å². The normalized spacial score (nSPS) is 15.7. The van der Waals surface area contributed by atoms with E-state index in [2.05, 4.69) is 0 Å². The minimum atomic E-state index is -2.52. The smallest absolute Gasteiger partial charge is 0.377 e. The van der Waals surface area contributed by atoms with Crippen LogP contribution in [0.5, 0.6) is 0 Å². The number of unbranched alkanes of at least 4 members (excludes halogenated alkanes) is 1. The first-order chi connectivity index (χ1) is 8.47. The third-order valence-corrected chi connectivity index (χ3v) is 5.17. The van der Waals surface area contributed by atoms with Gasteiger partial charge in [0, 0.05) is 26.8 Å². The van der Waals surface area contributed by atoms with Gasteiger partial charge in [0.05, 0.1) is 6.23 Å². The Balaban J connectivity index is 3.68. The molecule has 0 spiro atoms. The van der Waals surface area contributed by atoms with Gasteiger partial charge in [-0.15, -0.1) is 0 Å². The molecule has 2 unspecified atom stereocenters. The van der Waals surface area contributed by atoms with Crippen LogP contribution in [0.1, 0.15) is 32.1 Å². The molecule has 0 aromatic rings. The first-order valence-corrected chi connectivity index (χ1v) is 8.69. The zero-order chi connectivity index (χ0) is 14.0. The van der Waals surface area contributed by atoms with Crippen LogP contribution in [0.25, 0.3) is 0 Å². The van der Waals surface area contributed by atoms with E-state index in [1.807, 2.05) is 6.55 Å². The highest BCUT2D eigenvalue weighted by Gasteiger charge is 2.34. The van der Waals surface area contributed by atoms with E-state index in [0.29, 0.717) is 6.54 Å². The summed E-state index contributed by atoms with van der Waals surface area (Å²) in [6.07, 6.45) is 4.32. The Labute approximate surface area is 111 Å². The SMILES string of the molecule is CO[Si](C)(OC)OC(N)CCCCC(N)CCN. The van der Waals surface area contributed by atoms with Gasteiger partial charge < -0.3 is 30.5 Å². The van der Waals surface area contributed by atoms with Crippen LogP contribution < -0.4 is 17.2 Å². The van der Waals surface area contributed by atoms with Crippen LogP contribution in [0.2, 0.25) is 6.55 Å². The van der Waals surface area contributed by atoms with Crippen LogP contribution in [0, 0.1) is 0 Å². The van der Waals surface area contributed by atoms with E-state index in [1.165, 1.54) is 0 Å². The second-order valence-corrected chi connectivity index (χ2v) is 7.33. The molecular weight excluding hydrogens is 250 g/mol. The van der Waals surface area contributed by atoms with Crippen molar-refractivity contribution in [3.05, 3.63) is 0 Å². The average molecular weight is 279 g/mol. The monoisotopic (exact) mass is 279 g/mol. The number of hydrogen-bond donors (Lipinski definition) is 3. The topological polar surface area (TPSA) is 106 Å². The maximum Gasteiger partial charge on any atom is 0.498 e. The third kappa shape index (κ3) is 8.14. The van der Waals surface area contributed by atoms with Gasteiger partial charge in [-0.2, -0.15) is 0 Å². The third-order valence-electron chi connectivity index (χ3n) is 2.96. The molecule has 0 amide bonds. The summed E-state index contributed by atoms with van der Waals surface area (Å²) >= 11 is 0. The summed E-state index contributed by atoms with van der Waals surface area (Å²) in [4.78, 5) is 0. The molecule has 0 aromatic heterocycles. The Morgan fingerprint density at radius 2 is 1.56 bits per heavy atom. The van der Waals surface area contributed by atoms with Crippen molar-refractivity contribution in [2.45, 2.75) is 50.9 Å². The molecule has 0 aromatic carbocycles. The molecule has 110 valence electrons. The summed E-state index contributed by atoms with van der Waals surface area (Å²) in [5, 5.41) is 0. The van der Waals surface area contributed by atoms with Gasteiger partial charge in [-0.25, -0.2) is 0 Å². The minimum absolute atomic E-state index is 0.199. The second-order valence-electron chi connectivity index (χ2n) is 4.55. The van der Waals surface area contributed by atoms with Crippen molar-refractivity contribution in [3.8, 4) is 0 Å². The molecule has 0 bridgehead atoms. The fraction of sp³-hybridized carbons (Fsp3) is 1.00. The fourth-order valence-corrected chi connectivity index (χ4v) is 2.65. The summed E-state index contributed by atoms with van der Waals surface area (Å²) in [5.41, 5.74) is 17.2. The van der Waals surface area contributed by atoms with Gasteiger partial charge in [0.25, 0.3) is 0 Å². The van der Waals surface area contributed by atoms with Gasteiger partial charge in [-0.1, -0.05) is 6.42 Å². The van der Waals surface area contributed by atoms with Crippen LogP contribution in [-0.4, -0.2) is 41.8 Å². The van der Waals surface area contributed by atoms with Crippen LogP contribution in [0.3, 0.4) is 0 Å². The van der Waals surface area contributed by atoms with E-state index in [-0.39, 0.29) is 12.3 Å². The van der Waals surface area contributed by atoms with Crippen LogP contribution in [0.15, 0.2) is 0 Å². The first-order valence-electron chi connectivity index (χ1n) is 6.46. The van der Waals surface area contributed by atoms with E-state index < -0.39 is 8.80 Å². The van der Waals surface area contributed by atoms with Gasteiger partial charge in [-0.3, -0.25) is 0 Å². The summed E-state index contributed by atoms with van der Waals surface area (Å²) in [6.45, 7) is 2.47. The highest BCUT2D eigenvalue weighted by Crippen LogP contribution is 2.12. The van der Waals surface area contributed by atoms with Crippen molar-refractivity contribution in [1.82, 2.24) is 0 Å². The lowest BCUT2D eigenvalue weighted by Crippen LogP contribution is -2.46. The lowest BCUT2D eigenvalue weighted by atomic mass is 10.1. The molecule has 7 heteroatoms. The largest absolute Gasteiger partial charge is 0.498 e. The summed E-state index contributed by atoms with van der Waals surface area (Å²) in [6, 6.07) is 0.199. The van der Waals surface area contributed by atoms with Crippen LogP contribution >= 0.6 is 0 Å². The van der Waals surface area contributed by atoms with Crippen molar-refractivity contribution in [1.29, 1.82) is 0 Å². The Bertz CT molecular complexity index is 206. The molecule has 6 N–H and O–H groups in total. The van der Waals surface area contributed by atoms with E-state index >= 15 is 0 Å². The van der Waals surface area contributed by atoms with Gasteiger partial charge >= 0.3 is 8.80 Å². The van der Waals surface area contributed by atoms with E-state index in [9.17, 15) is 0 Å². The van der Waals surface area contributed by atoms with Gasteiger partial charge in [0.15, 0.2) is 0 Å². The number of nitrogens with two attached hydrogens (primary N) is 3. The molecule has 2 atom stereocenters. The second kappa shape index (κ2) is 9.85. The number of hydrogen-bond acceptors (Lipinski definition) is 6. The van der Waals surface area contributed by atoms with Gasteiger partial charge in [0.2, 0.25) is 0 Å². The first kappa shape index (κ1) is 18.0. The Morgan fingerprint density at radius 1 is 1.00 bits per heavy atom. The predicted octanol–water partition coefficient (Wildman–Crippen LogP) is 0.386. The summed E-state index contributed by atoms with van der Waals surface area (Å²) in [7, 11) is 0.634. The van der Waals surface area contributed by atoms with Crippen molar-refractivity contribution >= 4 is 8.80 Å². The molecule has 0 heterocycles. The van der Waals surface area contributed by atoms with Crippen molar-refractivity contribution in [2.24, 2.45) is 17.2 Å². The molecule has 0 rings (SSSR count). The molecule has 18 heavy (non-hydrogen) atoms. The van der Waals surface area contributed by atoms with Gasteiger partial charge in [-0.05, 0) is 32.2 Å². The highest BCUT2D eigenvalue weighted by atomic mass is 28.4. The summed E-state index contributed by atoms with van der Waals surface area (Å²) < 4.78 is 16.0. The predicted molar refractivity (Wildman–Crippen MR) is 74.8 cm³/mol. The maximum absolute atomic E-state index is 5.89. The lowest BCUT2D eigenvalue weighted by molar-refractivity contribution is 0.0586. The van der Waals surface area contributed by atoms with Crippen LogP contribution in [0.4, 0.5) is 0 Å². The Morgan fingerprint density at radius 3 is 2.06 bits per heavy atom. The standard InChI is InChI=1S/C11H29N3O3Si/c1-15-18(3,16-2)17-11(14)7-5-4-6-10(13)8-9-12/h10-11H,4-9,12-14H2,1-3H3. The maximum atomic E-state index is 5.89. The van der Waals surface area contributed by atoms with Crippen molar-refractivity contribution in [2.75, 3.05) is 20.8 Å². The average Bonchev–Trinajstić information content (AvgIpc) is 2.35. The highest BCUT2D eigenvalue weighted by molar-refractivity contribution is 6.59. The molecule has 0 saturated carbocycles. The quantitative estimate of drug-likeness (QED) is 0.287. The molecule has 0 aliphatic carbocycles. The molecule has 0 aliphatic rings. The van der Waals surface area contributed by atoms with Gasteiger partial charge in [0.1, 0.15) is 0 Å². The number of rotatable bonds is 11. The zero-order valence-electron chi connectivity index (χ0n) is 11.9. The van der Waals surface area contributed by atoms with E-state index in [1.54, 1.807) is 14.2 Å². The van der Waals surface area contributed by atoms with Crippen molar-refractivity contribution in [3.63, 3.8) is 0 Å². The lowest BCUT2D eigenvalue weighted by Gasteiger charge is -2.26. The minimum Gasteiger partial charge on any atom is -0.377 e. The molecule has 0 radical (unpaired) electrons.